The summed E-state index contributed by atoms with van der Waals surface area (Å²) in [4.78, 5) is 0. The molecule has 106 valence electrons. The van der Waals surface area contributed by atoms with Crippen LogP contribution in [-0.4, -0.2) is 16.1 Å². The predicted molar refractivity (Wildman–Crippen MR) is 83.4 cm³/mol. The number of aliphatic hydroxyl groups is 1. The van der Waals surface area contributed by atoms with E-state index >= 15 is 0 Å². The molecule has 0 radical (unpaired) electrons. The van der Waals surface area contributed by atoms with Crippen LogP contribution in [0, 0.1) is 5.82 Å². The average molecular weight is 368 g/mol. The normalized spacial score (nSPS) is 18.5. The van der Waals surface area contributed by atoms with Gasteiger partial charge in [-0.05, 0) is 34.8 Å². The highest BCUT2D eigenvalue weighted by atomic mass is 79.9. The van der Waals surface area contributed by atoms with Crippen LogP contribution in [0.15, 0.2) is 16.6 Å². The Hall–Kier alpha value is 0.230. The number of benzene rings is 1. The third-order valence-electron chi connectivity index (χ3n) is 3.47. The second-order valence-corrected chi connectivity index (χ2v) is 7.44. The van der Waals surface area contributed by atoms with Crippen molar-refractivity contribution in [3.63, 3.8) is 0 Å². The molecule has 1 N–H and O–H groups in total. The molecule has 1 unspecified atom stereocenters. The fraction of sp³-hybridized carbons (Fsp3) is 0.571. The maximum absolute atomic E-state index is 13.9. The van der Waals surface area contributed by atoms with Crippen molar-refractivity contribution in [3.8, 4) is 0 Å². The Morgan fingerprint density at radius 1 is 1.37 bits per heavy atom. The lowest BCUT2D eigenvalue weighted by Crippen LogP contribution is -2.12. The second-order valence-electron chi connectivity index (χ2n) is 4.87. The number of aliphatic hydroxyl groups excluding tert-OH is 1. The minimum absolute atomic E-state index is 0.0409. The molecule has 5 heteroatoms. The van der Waals surface area contributed by atoms with E-state index in [0.29, 0.717) is 15.5 Å². The van der Waals surface area contributed by atoms with Gasteiger partial charge in [-0.3, -0.25) is 0 Å². The van der Waals surface area contributed by atoms with Gasteiger partial charge >= 0.3 is 0 Å². The third kappa shape index (κ3) is 4.10. The zero-order chi connectivity index (χ0) is 13.8. The van der Waals surface area contributed by atoms with Gasteiger partial charge in [-0.25, -0.2) is 4.39 Å². The number of thioether (sulfide) groups is 1. The Balaban J connectivity index is 1.95. The van der Waals surface area contributed by atoms with Crippen LogP contribution in [0.25, 0.3) is 0 Å². The monoisotopic (exact) mass is 366 g/mol. The van der Waals surface area contributed by atoms with E-state index < -0.39 is 11.9 Å². The maximum atomic E-state index is 13.9. The highest BCUT2D eigenvalue weighted by Gasteiger charge is 2.20. The highest BCUT2D eigenvalue weighted by molar-refractivity contribution is 9.10. The van der Waals surface area contributed by atoms with Crippen LogP contribution in [0.4, 0.5) is 4.39 Å². The van der Waals surface area contributed by atoms with Crippen molar-refractivity contribution >= 4 is 39.3 Å². The molecule has 1 aromatic carbocycles. The molecular formula is C14H17BrClFOS. The van der Waals surface area contributed by atoms with E-state index in [1.54, 1.807) is 23.9 Å². The molecule has 0 heterocycles. The van der Waals surface area contributed by atoms with E-state index in [0.717, 1.165) is 0 Å². The minimum Gasteiger partial charge on any atom is -0.387 e. The largest absolute Gasteiger partial charge is 0.387 e. The summed E-state index contributed by atoms with van der Waals surface area (Å²) in [5.74, 6) is 0.00676. The Morgan fingerprint density at radius 3 is 2.74 bits per heavy atom. The molecule has 0 aromatic heterocycles. The highest BCUT2D eigenvalue weighted by Crippen LogP contribution is 2.34. The smallest absolute Gasteiger partial charge is 0.148 e. The zero-order valence-corrected chi connectivity index (χ0v) is 13.7. The van der Waals surface area contributed by atoms with Gasteiger partial charge in [0.1, 0.15) is 5.82 Å². The average Bonchev–Trinajstić information content (AvgIpc) is 2.43. The van der Waals surface area contributed by atoms with Crippen molar-refractivity contribution in [3.05, 3.63) is 33.0 Å². The molecule has 1 atom stereocenters. The van der Waals surface area contributed by atoms with E-state index in [1.807, 2.05) is 0 Å². The SMILES string of the molecule is OC(CSC1CCCCC1)c1ccc(Br)c(Cl)c1F. The lowest BCUT2D eigenvalue weighted by atomic mass is 10.0. The van der Waals surface area contributed by atoms with Gasteiger partial charge in [0.25, 0.3) is 0 Å². The predicted octanol–water partition coefficient (Wildman–Crippen LogP) is 5.34. The van der Waals surface area contributed by atoms with Crippen LogP contribution in [0.2, 0.25) is 5.02 Å². The molecule has 0 aliphatic heterocycles. The first-order valence-electron chi connectivity index (χ1n) is 6.52. The Labute approximate surface area is 131 Å². The quantitative estimate of drug-likeness (QED) is 0.725. The Bertz CT molecular complexity index is 438. The Kier molecular flexibility index (Phi) is 6.00. The zero-order valence-electron chi connectivity index (χ0n) is 10.5. The van der Waals surface area contributed by atoms with E-state index in [1.165, 1.54) is 32.1 Å². The van der Waals surface area contributed by atoms with Gasteiger partial charge in [-0.1, -0.05) is 36.9 Å². The summed E-state index contributed by atoms with van der Waals surface area (Å²) < 4.78 is 14.5. The number of hydrogen-bond donors (Lipinski definition) is 1. The molecule has 1 saturated carbocycles. The van der Waals surface area contributed by atoms with Crippen molar-refractivity contribution in [1.29, 1.82) is 0 Å². The van der Waals surface area contributed by atoms with Crippen LogP contribution >= 0.6 is 39.3 Å². The molecule has 1 fully saturated rings. The van der Waals surface area contributed by atoms with Gasteiger partial charge in [0.15, 0.2) is 0 Å². The Morgan fingerprint density at radius 2 is 2.05 bits per heavy atom. The molecule has 2 rings (SSSR count). The van der Waals surface area contributed by atoms with Crippen molar-refractivity contribution in [2.75, 3.05) is 5.75 Å². The summed E-state index contributed by atoms with van der Waals surface area (Å²) in [7, 11) is 0. The van der Waals surface area contributed by atoms with Gasteiger partial charge in [-0.15, -0.1) is 0 Å². The number of hydrogen-bond acceptors (Lipinski definition) is 2. The second kappa shape index (κ2) is 7.30. The summed E-state index contributed by atoms with van der Waals surface area (Å²) >= 11 is 10.8. The molecular weight excluding hydrogens is 351 g/mol. The van der Waals surface area contributed by atoms with Gasteiger partial charge in [0, 0.05) is 21.0 Å². The van der Waals surface area contributed by atoms with Crippen LogP contribution in [0.3, 0.4) is 0 Å². The fourth-order valence-corrected chi connectivity index (χ4v) is 4.13. The lowest BCUT2D eigenvalue weighted by Gasteiger charge is -2.22. The van der Waals surface area contributed by atoms with Gasteiger partial charge in [0.2, 0.25) is 0 Å². The van der Waals surface area contributed by atoms with Gasteiger partial charge in [-0.2, -0.15) is 11.8 Å². The van der Waals surface area contributed by atoms with Crippen LogP contribution < -0.4 is 0 Å². The minimum atomic E-state index is -0.794. The van der Waals surface area contributed by atoms with Crippen molar-refractivity contribution in [1.82, 2.24) is 0 Å². The summed E-state index contributed by atoms with van der Waals surface area (Å²) in [6, 6.07) is 3.27. The van der Waals surface area contributed by atoms with Crippen molar-refractivity contribution in [2.24, 2.45) is 0 Å². The summed E-state index contributed by atoms with van der Waals surface area (Å²) in [6.07, 6.45) is 5.48. The number of halogens is 3. The molecule has 1 aliphatic carbocycles. The fourth-order valence-electron chi connectivity index (χ4n) is 2.35. The van der Waals surface area contributed by atoms with Crippen LogP contribution in [0.5, 0.6) is 0 Å². The van der Waals surface area contributed by atoms with Crippen LogP contribution in [0.1, 0.15) is 43.8 Å². The first-order valence-corrected chi connectivity index (χ1v) is 8.74. The first kappa shape index (κ1) is 15.6. The molecule has 1 nitrogen and oxygen atoms in total. The summed E-state index contributed by atoms with van der Waals surface area (Å²) in [5, 5.41) is 10.8. The summed E-state index contributed by atoms with van der Waals surface area (Å²) in [6.45, 7) is 0. The molecule has 19 heavy (non-hydrogen) atoms. The molecule has 0 amide bonds. The van der Waals surface area contributed by atoms with E-state index in [4.69, 9.17) is 11.6 Å². The maximum Gasteiger partial charge on any atom is 0.148 e. The molecule has 0 spiro atoms. The van der Waals surface area contributed by atoms with Crippen LogP contribution in [-0.2, 0) is 0 Å². The van der Waals surface area contributed by atoms with E-state index in [-0.39, 0.29) is 10.6 Å². The third-order valence-corrected chi connectivity index (χ3v) is 6.18. The first-order chi connectivity index (χ1) is 9.09. The molecule has 1 aromatic rings. The van der Waals surface area contributed by atoms with Crippen molar-refractivity contribution in [2.45, 2.75) is 43.5 Å². The van der Waals surface area contributed by atoms with Crippen molar-refractivity contribution < 1.29 is 9.50 Å². The van der Waals surface area contributed by atoms with Gasteiger partial charge in [0.05, 0.1) is 11.1 Å². The molecule has 1 aliphatic rings. The van der Waals surface area contributed by atoms with E-state index in [2.05, 4.69) is 15.9 Å². The number of rotatable bonds is 4. The standard InChI is InChI=1S/C14H17BrClFOS/c15-11-7-6-10(14(17)13(11)16)12(18)8-19-9-4-2-1-3-5-9/h6-7,9,12,18H,1-5,8H2. The molecule has 0 saturated heterocycles. The summed E-state index contributed by atoms with van der Waals surface area (Å²) in [5.41, 5.74) is 0.288. The van der Waals surface area contributed by atoms with E-state index in [9.17, 15) is 9.50 Å². The molecule has 0 bridgehead atoms. The topological polar surface area (TPSA) is 20.2 Å². The van der Waals surface area contributed by atoms with Gasteiger partial charge < -0.3 is 5.11 Å². The lowest BCUT2D eigenvalue weighted by molar-refractivity contribution is 0.198.